The van der Waals surface area contributed by atoms with Crippen molar-refractivity contribution >= 4 is 33.7 Å². The molecule has 0 aliphatic rings. The molecule has 0 radical (unpaired) electrons. The molecule has 0 heterocycles. The largest absolute Gasteiger partial charge is 0.478 e. The number of hydrogen-bond acceptors (Lipinski definition) is 3. The maximum Gasteiger partial charge on any atom is 0.335 e. The van der Waals surface area contributed by atoms with Gasteiger partial charge in [0.2, 0.25) is 0 Å². The van der Waals surface area contributed by atoms with E-state index in [-0.39, 0.29) is 12.2 Å². The van der Waals surface area contributed by atoms with Crippen molar-refractivity contribution in [3.8, 4) is 0 Å². The van der Waals surface area contributed by atoms with Crippen molar-refractivity contribution < 1.29 is 15.0 Å². The number of hydrogen-bond donors (Lipinski definition) is 2. The summed E-state index contributed by atoms with van der Waals surface area (Å²) in [5.74, 6) is -0.338. The fraction of sp³-hybridized carbons (Fsp3) is 0.222. The molecular weight excluding hydrogens is 268 g/mol. The zero-order valence-corrected chi connectivity index (χ0v) is 9.64. The lowest BCUT2D eigenvalue weighted by Crippen LogP contribution is -1.96. The third-order valence-electron chi connectivity index (χ3n) is 1.53. The third kappa shape index (κ3) is 3.01. The summed E-state index contributed by atoms with van der Waals surface area (Å²) < 4.78 is 0.746. The van der Waals surface area contributed by atoms with Crippen LogP contribution in [0.3, 0.4) is 0 Å². The molecule has 3 nitrogen and oxygen atoms in total. The molecule has 14 heavy (non-hydrogen) atoms. The number of carbonyl (C=O) groups is 1. The van der Waals surface area contributed by atoms with Gasteiger partial charge in [-0.15, -0.1) is 11.8 Å². The third-order valence-corrected chi connectivity index (χ3v) is 3.50. The second kappa shape index (κ2) is 5.38. The summed E-state index contributed by atoms with van der Waals surface area (Å²) in [4.78, 5) is 11.5. The van der Waals surface area contributed by atoms with Crippen LogP contribution < -0.4 is 0 Å². The van der Waals surface area contributed by atoms with Gasteiger partial charge in [0.05, 0.1) is 12.2 Å². The smallest absolute Gasteiger partial charge is 0.335 e. The second-order valence-corrected chi connectivity index (χ2v) is 4.51. The Kier molecular flexibility index (Phi) is 4.44. The van der Waals surface area contributed by atoms with Crippen LogP contribution in [0.15, 0.2) is 27.6 Å². The summed E-state index contributed by atoms with van der Waals surface area (Å²) >= 11 is 4.76. The zero-order valence-electron chi connectivity index (χ0n) is 7.24. The Hall–Kier alpha value is -0.520. The van der Waals surface area contributed by atoms with Gasteiger partial charge in [-0.3, -0.25) is 0 Å². The molecule has 1 aromatic carbocycles. The topological polar surface area (TPSA) is 57.5 Å². The Morgan fingerprint density at radius 2 is 2.21 bits per heavy atom. The van der Waals surface area contributed by atoms with Gasteiger partial charge in [-0.25, -0.2) is 4.79 Å². The molecule has 0 saturated heterocycles. The summed E-state index contributed by atoms with van der Waals surface area (Å²) in [6, 6.07) is 4.84. The van der Waals surface area contributed by atoms with Crippen molar-refractivity contribution in [1.82, 2.24) is 0 Å². The quantitative estimate of drug-likeness (QED) is 0.829. The van der Waals surface area contributed by atoms with Gasteiger partial charge in [-0.2, -0.15) is 0 Å². The molecule has 0 unspecified atom stereocenters. The minimum absolute atomic E-state index is 0.109. The van der Waals surface area contributed by atoms with Crippen molar-refractivity contribution in [2.75, 3.05) is 12.4 Å². The second-order valence-electron chi connectivity index (χ2n) is 2.52. The van der Waals surface area contributed by atoms with Crippen LogP contribution in [-0.4, -0.2) is 28.5 Å². The average molecular weight is 277 g/mol. The Balaban J connectivity index is 2.84. The monoisotopic (exact) mass is 276 g/mol. The van der Waals surface area contributed by atoms with Gasteiger partial charge in [0, 0.05) is 15.1 Å². The summed E-state index contributed by atoms with van der Waals surface area (Å²) in [7, 11) is 0. The van der Waals surface area contributed by atoms with E-state index in [1.807, 2.05) is 0 Å². The van der Waals surface area contributed by atoms with Crippen molar-refractivity contribution in [2.45, 2.75) is 4.90 Å². The summed E-state index contributed by atoms with van der Waals surface area (Å²) in [6.45, 7) is 0.109. The van der Waals surface area contributed by atoms with Gasteiger partial charge in [-0.05, 0) is 34.1 Å². The van der Waals surface area contributed by atoms with Crippen molar-refractivity contribution in [2.24, 2.45) is 0 Å². The van der Waals surface area contributed by atoms with E-state index < -0.39 is 5.97 Å². The number of aliphatic hydroxyl groups excluding tert-OH is 1. The van der Waals surface area contributed by atoms with Gasteiger partial charge in [0.1, 0.15) is 0 Å². The van der Waals surface area contributed by atoms with Crippen LogP contribution in [0.4, 0.5) is 0 Å². The molecule has 0 aromatic heterocycles. The number of aromatic carboxylic acids is 1. The Labute approximate surface area is 94.3 Å². The number of aliphatic hydroxyl groups is 1. The minimum Gasteiger partial charge on any atom is -0.478 e. The molecular formula is C9H9BrO3S. The highest BCUT2D eigenvalue weighted by Crippen LogP contribution is 2.28. The molecule has 0 aliphatic heterocycles. The first-order valence-corrected chi connectivity index (χ1v) is 5.69. The van der Waals surface area contributed by atoms with Gasteiger partial charge >= 0.3 is 5.97 Å². The molecule has 0 bridgehead atoms. The van der Waals surface area contributed by atoms with E-state index in [9.17, 15) is 4.79 Å². The van der Waals surface area contributed by atoms with E-state index in [1.165, 1.54) is 11.8 Å². The standard InChI is InChI=1S/C9H9BrO3S/c10-7-5-6(9(12)13)1-2-8(7)14-4-3-11/h1-2,5,11H,3-4H2,(H,12,13). The van der Waals surface area contributed by atoms with Crippen LogP contribution in [0.5, 0.6) is 0 Å². The average Bonchev–Trinajstić information content (AvgIpc) is 2.15. The van der Waals surface area contributed by atoms with Crippen LogP contribution in [0.25, 0.3) is 0 Å². The molecule has 0 aliphatic carbocycles. The van der Waals surface area contributed by atoms with Crippen LogP contribution in [0.2, 0.25) is 0 Å². The highest BCUT2D eigenvalue weighted by atomic mass is 79.9. The van der Waals surface area contributed by atoms with E-state index in [0.717, 1.165) is 9.37 Å². The first-order chi connectivity index (χ1) is 6.65. The van der Waals surface area contributed by atoms with Crippen molar-refractivity contribution in [3.05, 3.63) is 28.2 Å². The number of halogens is 1. The summed E-state index contributed by atoms with van der Waals surface area (Å²) in [6.07, 6.45) is 0. The van der Waals surface area contributed by atoms with E-state index in [1.54, 1.807) is 18.2 Å². The Morgan fingerprint density at radius 3 is 2.71 bits per heavy atom. The number of carboxylic acid groups (broad SMARTS) is 1. The van der Waals surface area contributed by atoms with E-state index in [2.05, 4.69) is 15.9 Å². The number of benzene rings is 1. The molecule has 76 valence electrons. The molecule has 0 fully saturated rings. The predicted octanol–water partition coefficient (Wildman–Crippen LogP) is 2.23. The van der Waals surface area contributed by atoms with Gasteiger partial charge < -0.3 is 10.2 Å². The summed E-state index contributed by atoms with van der Waals surface area (Å²) in [5, 5.41) is 17.3. The fourth-order valence-electron chi connectivity index (χ4n) is 0.907. The lowest BCUT2D eigenvalue weighted by atomic mass is 10.2. The SMILES string of the molecule is O=C(O)c1ccc(SCCO)c(Br)c1. The number of carboxylic acids is 1. The molecule has 0 atom stereocenters. The predicted molar refractivity (Wildman–Crippen MR) is 58.9 cm³/mol. The van der Waals surface area contributed by atoms with E-state index >= 15 is 0 Å². The number of rotatable bonds is 4. The molecule has 0 spiro atoms. The highest BCUT2D eigenvalue weighted by molar-refractivity contribution is 9.10. The fourth-order valence-corrected chi connectivity index (χ4v) is 2.30. The lowest BCUT2D eigenvalue weighted by Gasteiger charge is -2.03. The van der Waals surface area contributed by atoms with Crippen LogP contribution in [0, 0.1) is 0 Å². The van der Waals surface area contributed by atoms with Crippen LogP contribution in [-0.2, 0) is 0 Å². The Bertz CT molecular complexity index is 341. The van der Waals surface area contributed by atoms with Gasteiger partial charge in [-0.1, -0.05) is 0 Å². The first kappa shape index (κ1) is 11.6. The first-order valence-electron chi connectivity index (χ1n) is 3.91. The molecule has 2 N–H and O–H groups in total. The zero-order chi connectivity index (χ0) is 10.6. The van der Waals surface area contributed by atoms with Gasteiger partial charge in [0.15, 0.2) is 0 Å². The van der Waals surface area contributed by atoms with Crippen molar-refractivity contribution in [3.63, 3.8) is 0 Å². The Morgan fingerprint density at radius 1 is 1.50 bits per heavy atom. The van der Waals surface area contributed by atoms with Crippen LogP contribution in [0.1, 0.15) is 10.4 Å². The summed E-state index contributed by atoms with van der Waals surface area (Å²) in [5.41, 5.74) is 0.255. The van der Waals surface area contributed by atoms with Crippen LogP contribution >= 0.6 is 27.7 Å². The normalized spacial score (nSPS) is 10.1. The van der Waals surface area contributed by atoms with Crippen molar-refractivity contribution in [1.29, 1.82) is 0 Å². The maximum atomic E-state index is 10.6. The minimum atomic E-state index is -0.940. The van der Waals surface area contributed by atoms with E-state index in [0.29, 0.717) is 5.75 Å². The number of thioether (sulfide) groups is 1. The molecule has 0 saturated carbocycles. The van der Waals surface area contributed by atoms with E-state index in [4.69, 9.17) is 10.2 Å². The lowest BCUT2D eigenvalue weighted by molar-refractivity contribution is 0.0696. The molecule has 1 aromatic rings. The van der Waals surface area contributed by atoms with Gasteiger partial charge in [0.25, 0.3) is 0 Å². The highest BCUT2D eigenvalue weighted by Gasteiger charge is 2.06. The molecule has 5 heteroatoms. The molecule has 1 rings (SSSR count). The molecule has 0 amide bonds. The maximum absolute atomic E-state index is 10.6.